The molecule has 1 nitrogen and oxygen atoms in total. The van der Waals surface area contributed by atoms with Crippen molar-refractivity contribution in [2.24, 2.45) is 0 Å². The Morgan fingerprint density at radius 3 is 2.54 bits per heavy atom. The minimum absolute atomic E-state index is 0.319. The quantitative estimate of drug-likeness (QED) is 0.783. The lowest BCUT2D eigenvalue weighted by molar-refractivity contribution is 0.357. The fraction of sp³-hybridized carbons (Fsp3) is 0.333. The summed E-state index contributed by atoms with van der Waals surface area (Å²) in [6.07, 6.45) is 0.489. The fourth-order valence-electron chi connectivity index (χ4n) is 1.12. The molecule has 0 fully saturated rings. The van der Waals surface area contributed by atoms with Gasteiger partial charge in [-0.2, -0.15) is 0 Å². The third kappa shape index (κ3) is 1.82. The molecule has 0 heterocycles. The van der Waals surface area contributed by atoms with Crippen molar-refractivity contribution in [3.63, 3.8) is 0 Å². The van der Waals surface area contributed by atoms with Crippen LogP contribution in [0.3, 0.4) is 0 Å². The molecule has 0 spiro atoms. The summed E-state index contributed by atoms with van der Waals surface area (Å²) in [6.45, 7) is 1.79. The van der Waals surface area contributed by atoms with Crippen LogP contribution in [0.5, 0.6) is 5.75 Å². The van der Waals surface area contributed by atoms with Gasteiger partial charge in [-0.3, -0.25) is 0 Å². The Morgan fingerprint density at radius 1 is 1.46 bits per heavy atom. The second-order valence-corrected chi connectivity index (χ2v) is 3.37. The molecule has 0 atom stereocenters. The molecule has 1 rings (SSSR count). The maximum atomic E-state index is 13.4. The first-order valence-electron chi connectivity index (χ1n) is 3.82. The Bertz CT molecular complexity index is 298. The van der Waals surface area contributed by atoms with E-state index in [2.05, 4.69) is 20.7 Å². The Balaban J connectivity index is 3.39. The highest BCUT2D eigenvalue weighted by Gasteiger charge is 2.16. The third-order valence-electron chi connectivity index (χ3n) is 1.78. The van der Waals surface area contributed by atoms with E-state index in [0.717, 1.165) is 0 Å². The average molecular weight is 251 g/mol. The molecule has 0 aliphatic carbocycles. The molecule has 1 aromatic rings. The van der Waals surface area contributed by atoms with Gasteiger partial charge in [0.05, 0.1) is 7.11 Å². The van der Waals surface area contributed by atoms with Crippen molar-refractivity contribution < 1.29 is 13.5 Å². The maximum absolute atomic E-state index is 13.4. The molecule has 0 bridgehead atoms. The van der Waals surface area contributed by atoms with Gasteiger partial charge in [0.1, 0.15) is 0 Å². The highest BCUT2D eigenvalue weighted by atomic mass is 79.9. The topological polar surface area (TPSA) is 9.23 Å². The van der Waals surface area contributed by atoms with Crippen molar-refractivity contribution in [3.8, 4) is 5.75 Å². The van der Waals surface area contributed by atoms with Crippen LogP contribution in [0.15, 0.2) is 10.5 Å². The van der Waals surface area contributed by atoms with Gasteiger partial charge in [0.15, 0.2) is 17.4 Å². The number of rotatable bonds is 2. The Labute approximate surface area is 83.8 Å². The number of hydrogen-bond acceptors (Lipinski definition) is 1. The molecule has 0 aromatic heterocycles. The molecule has 0 N–H and O–H groups in total. The first kappa shape index (κ1) is 10.4. The standard InChI is InChI=1S/C9H9BrF2O/c1-3-5-6(10)4-7(11)9(13-2)8(5)12/h4H,3H2,1-2H3. The Morgan fingerprint density at radius 2 is 2.08 bits per heavy atom. The van der Waals surface area contributed by atoms with E-state index in [-0.39, 0.29) is 5.75 Å². The van der Waals surface area contributed by atoms with E-state index >= 15 is 0 Å². The lowest BCUT2D eigenvalue weighted by Crippen LogP contribution is -1.98. The van der Waals surface area contributed by atoms with Crippen molar-refractivity contribution >= 4 is 15.9 Å². The van der Waals surface area contributed by atoms with Gasteiger partial charge in [-0.15, -0.1) is 0 Å². The van der Waals surface area contributed by atoms with Crippen molar-refractivity contribution in [3.05, 3.63) is 27.7 Å². The highest BCUT2D eigenvalue weighted by Crippen LogP contribution is 2.30. The second-order valence-electron chi connectivity index (χ2n) is 2.52. The first-order chi connectivity index (χ1) is 6.11. The van der Waals surface area contributed by atoms with E-state index in [1.807, 2.05) is 0 Å². The van der Waals surface area contributed by atoms with Gasteiger partial charge in [0, 0.05) is 10.0 Å². The van der Waals surface area contributed by atoms with Gasteiger partial charge < -0.3 is 4.74 Å². The molecular formula is C9H9BrF2O. The summed E-state index contributed by atoms with van der Waals surface area (Å²) in [5, 5.41) is 0. The number of benzene rings is 1. The fourth-order valence-corrected chi connectivity index (χ4v) is 1.78. The summed E-state index contributed by atoms with van der Waals surface area (Å²) in [7, 11) is 1.24. The van der Waals surface area contributed by atoms with Gasteiger partial charge in [-0.25, -0.2) is 8.78 Å². The van der Waals surface area contributed by atoms with Crippen LogP contribution in [0.2, 0.25) is 0 Å². The molecular weight excluding hydrogens is 242 g/mol. The third-order valence-corrected chi connectivity index (χ3v) is 2.49. The van der Waals surface area contributed by atoms with Crippen LogP contribution >= 0.6 is 15.9 Å². The normalized spacial score (nSPS) is 10.2. The van der Waals surface area contributed by atoms with Crippen molar-refractivity contribution in [1.82, 2.24) is 0 Å². The Hall–Kier alpha value is -0.640. The predicted molar refractivity (Wildman–Crippen MR) is 50.0 cm³/mol. The molecule has 0 saturated carbocycles. The SMILES string of the molecule is CCc1c(Br)cc(F)c(OC)c1F. The maximum Gasteiger partial charge on any atom is 0.190 e. The minimum Gasteiger partial charge on any atom is -0.491 e. The number of hydrogen-bond donors (Lipinski definition) is 0. The monoisotopic (exact) mass is 250 g/mol. The summed E-state index contributed by atoms with van der Waals surface area (Å²) in [6, 6.07) is 1.21. The van der Waals surface area contributed by atoms with Crippen LogP contribution in [-0.2, 0) is 6.42 Å². The minimum atomic E-state index is -0.691. The summed E-state index contributed by atoms with van der Waals surface area (Å²) >= 11 is 3.09. The number of ether oxygens (including phenoxy) is 1. The summed E-state index contributed by atoms with van der Waals surface area (Å²) < 4.78 is 31.5. The van der Waals surface area contributed by atoms with E-state index in [1.165, 1.54) is 13.2 Å². The van der Waals surface area contributed by atoms with Crippen molar-refractivity contribution in [2.45, 2.75) is 13.3 Å². The van der Waals surface area contributed by atoms with Crippen LogP contribution < -0.4 is 4.74 Å². The van der Waals surface area contributed by atoms with Gasteiger partial charge >= 0.3 is 0 Å². The molecule has 4 heteroatoms. The van der Waals surface area contributed by atoms with Crippen molar-refractivity contribution in [1.29, 1.82) is 0 Å². The van der Waals surface area contributed by atoms with Crippen LogP contribution in [0.4, 0.5) is 8.78 Å². The molecule has 0 amide bonds. The Kier molecular flexibility index (Phi) is 3.25. The lowest BCUT2D eigenvalue weighted by atomic mass is 10.1. The van der Waals surface area contributed by atoms with Crippen LogP contribution in [0, 0.1) is 11.6 Å². The van der Waals surface area contributed by atoms with Gasteiger partial charge in [0.2, 0.25) is 0 Å². The molecule has 0 radical (unpaired) electrons. The van der Waals surface area contributed by atoms with Crippen LogP contribution in [0.1, 0.15) is 12.5 Å². The van der Waals surface area contributed by atoms with Gasteiger partial charge in [-0.05, 0) is 12.5 Å². The number of halogens is 3. The zero-order valence-electron chi connectivity index (χ0n) is 7.33. The van der Waals surface area contributed by atoms with E-state index in [1.54, 1.807) is 6.92 Å². The van der Waals surface area contributed by atoms with E-state index in [4.69, 9.17) is 0 Å². The summed E-state index contributed by atoms with van der Waals surface area (Å²) in [5.41, 5.74) is 0.429. The second kappa shape index (κ2) is 4.05. The zero-order chi connectivity index (χ0) is 10.0. The van der Waals surface area contributed by atoms with Gasteiger partial charge in [-0.1, -0.05) is 22.9 Å². The smallest absolute Gasteiger partial charge is 0.190 e. The first-order valence-corrected chi connectivity index (χ1v) is 4.61. The van der Waals surface area contributed by atoms with E-state index < -0.39 is 11.6 Å². The molecule has 13 heavy (non-hydrogen) atoms. The average Bonchev–Trinajstić information content (AvgIpc) is 2.04. The van der Waals surface area contributed by atoms with Crippen LogP contribution in [-0.4, -0.2) is 7.11 Å². The van der Waals surface area contributed by atoms with Gasteiger partial charge in [0.25, 0.3) is 0 Å². The van der Waals surface area contributed by atoms with E-state index in [9.17, 15) is 8.78 Å². The zero-order valence-corrected chi connectivity index (χ0v) is 8.91. The molecule has 0 saturated heterocycles. The highest BCUT2D eigenvalue weighted by molar-refractivity contribution is 9.10. The van der Waals surface area contributed by atoms with E-state index in [0.29, 0.717) is 16.5 Å². The predicted octanol–water partition coefficient (Wildman–Crippen LogP) is 3.30. The molecule has 72 valence electrons. The molecule has 0 aliphatic rings. The van der Waals surface area contributed by atoms with Crippen LogP contribution in [0.25, 0.3) is 0 Å². The summed E-state index contributed by atoms with van der Waals surface area (Å²) in [4.78, 5) is 0. The largest absolute Gasteiger partial charge is 0.491 e. The molecule has 0 aliphatic heterocycles. The summed E-state index contributed by atoms with van der Waals surface area (Å²) in [5.74, 6) is -1.64. The molecule has 1 aromatic carbocycles. The van der Waals surface area contributed by atoms with Crippen molar-refractivity contribution in [2.75, 3.05) is 7.11 Å². The molecule has 0 unspecified atom stereocenters. The number of methoxy groups -OCH3 is 1. The lowest BCUT2D eigenvalue weighted by Gasteiger charge is -2.08.